The fourth-order valence-electron chi connectivity index (χ4n) is 2.44. The van der Waals surface area contributed by atoms with E-state index in [-0.39, 0.29) is 5.91 Å². The van der Waals surface area contributed by atoms with Gasteiger partial charge in [-0.2, -0.15) is 0 Å². The van der Waals surface area contributed by atoms with E-state index in [1.807, 2.05) is 0 Å². The molecule has 8 heteroatoms. The lowest BCUT2D eigenvalue weighted by atomic mass is 10.1. The molecule has 0 radical (unpaired) electrons. The first-order valence-corrected chi connectivity index (χ1v) is 6.53. The topological polar surface area (TPSA) is 96.4 Å². The SMILES string of the molecule is COC(=O)N1CCN(C(=O)[C@@H]2CC[C@H](C(=O)O)O2)CC1. The normalized spacial score (nSPS) is 26.4. The lowest BCUT2D eigenvalue weighted by molar-refractivity contribution is -0.155. The molecule has 8 nitrogen and oxygen atoms in total. The van der Waals surface area contributed by atoms with Gasteiger partial charge in [0.15, 0.2) is 6.10 Å². The number of methoxy groups -OCH3 is 1. The van der Waals surface area contributed by atoms with Crippen LogP contribution in [-0.4, -0.2) is 78.4 Å². The van der Waals surface area contributed by atoms with Crippen molar-refractivity contribution in [2.75, 3.05) is 33.3 Å². The van der Waals surface area contributed by atoms with Gasteiger partial charge in [0, 0.05) is 26.2 Å². The third kappa shape index (κ3) is 3.01. The minimum atomic E-state index is -1.03. The predicted octanol–water partition coefficient (Wildman–Crippen LogP) is -0.471. The number of piperazine rings is 1. The molecule has 0 aliphatic carbocycles. The first-order valence-electron chi connectivity index (χ1n) is 6.53. The van der Waals surface area contributed by atoms with Gasteiger partial charge >= 0.3 is 12.1 Å². The zero-order valence-electron chi connectivity index (χ0n) is 11.3. The standard InChI is InChI=1S/C12H18N2O6/c1-19-12(18)14-6-4-13(5-7-14)10(15)8-2-3-9(20-8)11(16)17/h8-9H,2-7H2,1H3,(H,16,17)/t8-,9+/m0/s1. The van der Waals surface area contributed by atoms with E-state index in [0.29, 0.717) is 39.0 Å². The van der Waals surface area contributed by atoms with Gasteiger partial charge in [0.2, 0.25) is 0 Å². The van der Waals surface area contributed by atoms with Gasteiger partial charge in [-0.3, -0.25) is 4.79 Å². The Kier molecular flexibility index (Phi) is 4.43. The largest absolute Gasteiger partial charge is 0.479 e. The van der Waals surface area contributed by atoms with E-state index in [1.54, 1.807) is 4.90 Å². The van der Waals surface area contributed by atoms with E-state index in [4.69, 9.17) is 9.84 Å². The number of nitrogens with zero attached hydrogens (tertiary/aromatic N) is 2. The molecular formula is C12H18N2O6. The summed E-state index contributed by atoms with van der Waals surface area (Å²) in [4.78, 5) is 37.4. The second kappa shape index (κ2) is 6.08. The number of carboxylic acid groups (broad SMARTS) is 1. The van der Waals surface area contributed by atoms with Gasteiger partial charge < -0.3 is 24.4 Å². The molecule has 2 heterocycles. The second-order valence-corrected chi connectivity index (χ2v) is 4.81. The Bertz CT molecular complexity index is 405. The zero-order valence-corrected chi connectivity index (χ0v) is 11.3. The average Bonchev–Trinajstić information content (AvgIpc) is 2.96. The second-order valence-electron chi connectivity index (χ2n) is 4.81. The highest BCUT2D eigenvalue weighted by atomic mass is 16.5. The summed E-state index contributed by atoms with van der Waals surface area (Å²) in [6, 6.07) is 0. The molecule has 0 aromatic heterocycles. The fourth-order valence-corrected chi connectivity index (χ4v) is 2.44. The van der Waals surface area contributed by atoms with Crippen LogP contribution in [0.1, 0.15) is 12.8 Å². The highest BCUT2D eigenvalue weighted by Crippen LogP contribution is 2.22. The molecule has 0 bridgehead atoms. The van der Waals surface area contributed by atoms with Crippen LogP contribution in [-0.2, 0) is 19.1 Å². The number of carbonyl (C=O) groups is 3. The Balaban J connectivity index is 1.83. The van der Waals surface area contributed by atoms with Crippen molar-refractivity contribution in [1.29, 1.82) is 0 Å². The van der Waals surface area contributed by atoms with Crippen molar-refractivity contribution in [2.45, 2.75) is 25.0 Å². The van der Waals surface area contributed by atoms with Crippen LogP contribution < -0.4 is 0 Å². The molecule has 2 atom stereocenters. The Hall–Kier alpha value is -1.83. The molecule has 0 spiro atoms. The third-order valence-electron chi connectivity index (χ3n) is 3.59. The summed E-state index contributed by atoms with van der Waals surface area (Å²) in [6.45, 7) is 1.64. The Labute approximate surface area is 116 Å². The highest BCUT2D eigenvalue weighted by molar-refractivity contribution is 5.83. The van der Waals surface area contributed by atoms with E-state index in [0.717, 1.165) is 0 Å². The zero-order chi connectivity index (χ0) is 14.7. The lowest BCUT2D eigenvalue weighted by Gasteiger charge is -2.34. The molecule has 112 valence electrons. The van der Waals surface area contributed by atoms with Crippen molar-refractivity contribution in [2.24, 2.45) is 0 Å². The molecule has 0 saturated carbocycles. The molecule has 2 aliphatic rings. The van der Waals surface area contributed by atoms with Gasteiger partial charge in [-0.15, -0.1) is 0 Å². The number of carbonyl (C=O) groups excluding carboxylic acids is 2. The van der Waals surface area contributed by atoms with Crippen LogP contribution in [0.2, 0.25) is 0 Å². The van der Waals surface area contributed by atoms with Crippen molar-refractivity contribution >= 4 is 18.0 Å². The predicted molar refractivity (Wildman–Crippen MR) is 66.1 cm³/mol. The first kappa shape index (κ1) is 14.6. The van der Waals surface area contributed by atoms with E-state index in [2.05, 4.69) is 4.74 Å². The van der Waals surface area contributed by atoms with Crippen molar-refractivity contribution in [3.8, 4) is 0 Å². The Morgan fingerprint density at radius 1 is 1.05 bits per heavy atom. The maximum Gasteiger partial charge on any atom is 0.409 e. The molecule has 0 aromatic rings. The number of ether oxygens (including phenoxy) is 2. The Morgan fingerprint density at radius 3 is 2.10 bits per heavy atom. The number of hydrogen-bond acceptors (Lipinski definition) is 5. The summed E-state index contributed by atoms with van der Waals surface area (Å²) in [5.41, 5.74) is 0. The van der Waals surface area contributed by atoms with Gasteiger partial charge in [0.25, 0.3) is 5.91 Å². The summed E-state index contributed by atoms with van der Waals surface area (Å²) in [5.74, 6) is -1.23. The fraction of sp³-hybridized carbons (Fsp3) is 0.750. The molecular weight excluding hydrogens is 268 g/mol. The molecule has 2 aliphatic heterocycles. The lowest BCUT2D eigenvalue weighted by Crippen LogP contribution is -2.52. The van der Waals surface area contributed by atoms with E-state index < -0.39 is 24.3 Å². The van der Waals surface area contributed by atoms with Gasteiger partial charge in [0.05, 0.1) is 7.11 Å². The molecule has 2 fully saturated rings. The van der Waals surface area contributed by atoms with Crippen LogP contribution in [0, 0.1) is 0 Å². The van der Waals surface area contributed by atoms with Crippen LogP contribution in [0.3, 0.4) is 0 Å². The average molecular weight is 286 g/mol. The maximum absolute atomic E-state index is 12.2. The maximum atomic E-state index is 12.2. The van der Waals surface area contributed by atoms with E-state index in [1.165, 1.54) is 12.0 Å². The van der Waals surface area contributed by atoms with Crippen LogP contribution in [0.5, 0.6) is 0 Å². The van der Waals surface area contributed by atoms with Crippen molar-refractivity contribution in [3.05, 3.63) is 0 Å². The Morgan fingerprint density at radius 2 is 1.60 bits per heavy atom. The highest BCUT2D eigenvalue weighted by Gasteiger charge is 2.37. The molecule has 2 amide bonds. The van der Waals surface area contributed by atoms with Gasteiger partial charge in [0.1, 0.15) is 6.10 Å². The van der Waals surface area contributed by atoms with Crippen LogP contribution in [0.25, 0.3) is 0 Å². The number of hydrogen-bond donors (Lipinski definition) is 1. The van der Waals surface area contributed by atoms with Crippen LogP contribution >= 0.6 is 0 Å². The number of rotatable bonds is 2. The summed E-state index contributed by atoms with van der Waals surface area (Å²) in [6.07, 6.45) is -1.19. The van der Waals surface area contributed by atoms with E-state index in [9.17, 15) is 14.4 Å². The summed E-state index contributed by atoms with van der Waals surface area (Å²) in [5, 5.41) is 8.84. The summed E-state index contributed by atoms with van der Waals surface area (Å²) in [7, 11) is 1.32. The number of aliphatic carboxylic acids is 1. The summed E-state index contributed by atoms with van der Waals surface area (Å²) >= 11 is 0. The van der Waals surface area contributed by atoms with Gasteiger partial charge in [-0.1, -0.05) is 0 Å². The molecule has 2 saturated heterocycles. The van der Waals surface area contributed by atoms with Crippen molar-refractivity contribution < 1.29 is 29.0 Å². The number of amides is 2. The van der Waals surface area contributed by atoms with Gasteiger partial charge in [-0.05, 0) is 12.8 Å². The van der Waals surface area contributed by atoms with Gasteiger partial charge in [-0.25, -0.2) is 9.59 Å². The van der Waals surface area contributed by atoms with Crippen LogP contribution in [0.15, 0.2) is 0 Å². The van der Waals surface area contributed by atoms with Crippen molar-refractivity contribution in [3.63, 3.8) is 0 Å². The van der Waals surface area contributed by atoms with E-state index >= 15 is 0 Å². The minimum absolute atomic E-state index is 0.196. The molecule has 2 rings (SSSR count). The molecule has 0 aromatic carbocycles. The quantitative estimate of drug-likeness (QED) is 0.737. The first-order chi connectivity index (χ1) is 9.52. The smallest absolute Gasteiger partial charge is 0.409 e. The van der Waals surface area contributed by atoms with Crippen LogP contribution in [0.4, 0.5) is 4.79 Å². The third-order valence-corrected chi connectivity index (χ3v) is 3.59. The summed E-state index contributed by atoms with van der Waals surface area (Å²) < 4.78 is 9.86. The monoisotopic (exact) mass is 286 g/mol. The molecule has 20 heavy (non-hydrogen) atoms. The minimum Gasteiger partial charge on any atom is -0.479 e. The molecule has 0 unspecified atom stereocenters. The van der Waals surface area contributed by atoms with Crippen molar-refractivity contribution in [1.82, 2.24) is 9.80 Å². The number of carboxylic acids is 1. The molecule has 1 N–H and O–H groups in total.